The van der Waals surface area contributed by atoms with E-state index in [1.165, 1.54) is 25.1 Å². The molecule has 2 aromatic carbocycles. The molecule has 1 N–H and O–H groups in total. The van der Waals surface area contributed by atoms with Gasteiger partial charge in [-0.1, -0.05) is 25.1 Å². The van der Waals surface area contributed by atoms with Gasteiger partial charge in [-0.15, -0.1) is 0 Å². The van der Waals surface area contributed by atoms with Crippen LogP contribution < -0.4 is 5.32 Å². The molecule has 1 atom stereocenters. The Labute approximate surface area is 122 Å². The number of hydrogen-bond acceptors (Lipinski definition) is 1. The maximum atomic E-state index is 14.1. The average Bonchev–Trinajstić information content (AvgIpc) is 2.45. The first kappa shape index (κ1) is 15.6. The van der Waals surface area contributed by atoms with Crippen LogP contribution in [0.15, 0.2) is 36.4 Å². The van der Waals surface area contributed by atoms with Gasteiger partial charge in [-0.05, 0) is 49.2 Å². The van der Waals surface area contributed by atoms with E-state index in [2.05, 4.69) is 5.32 Å². The lowest BCUT2D eigenvalue weighted by atomic mass is 9.97. The van der Waals surface area contributed by atoms with E-state index in [1.54, 1.807) is 18.2 Å². The summed E-state index contributed by atoms with van der Waals surface area (Å²) in [5.41, 5.74) is 0.962. The van der Waals surface area contributed by atoms with E-state index in [4.69, 9.17) is 0 Å². The molecule has 0 saturated carbocycles. The van der Waals surface area contributed by atoms with Gasteiger partial charge in [0.2, 0.25) is 0 Å². The second kappa shape index (κ2) is 6.76. The van der Waals surface area contributed by atoms with Crippen molar-refractivity contribution in [2.45, 2.75) is 26.3 Å². The zero-order valence-electron chi connectivity index (χ0n) is 12.1. The highest BCUT2D eigenvalue weighted by Crippen LogP contribution is 2.25. The van der Waals surface area contributed by atoms with E-state index >= 15 is 0 Å². The zero-order valence-corrected chi connectivity index (χ0v) is 12.1. The summed E-state index contributed by atoms with van der Waals surface area (Å²) in [4.78, 5) is 0. The van der Waals surface area contributed by atoms with Crippen LogP contribution in [0.1, 0.15) is 29.7 Å². The summed E-state index contributed by atoms with van der Waals surface area (Å²) in [5, 5.41) is 3.09. The van der Waals surface area contributed by atoms with Gasteiger partial charge >= 0.3 is 0 Å². The van der Waals surface area contributed by atoms with Gasteiger partial charge in [0.1, 0.15) is 17.5 Å². The zero-order chi connectivity index (χ0) is 15.4. The smallest absolute Gasteiger partial charge is 0.128 e. The second-order valence-electron chi connectivity index (χ2n) is 5.03. The van der Waals surface area contributed by atoms with Gasteiger partial charge in [-0.3, -0.25) is 0 Å². The summed E-state index contributed by atoms with van der Waals surface area (Å²) < 4.78 is 41.6. The summed E-state index contributed by atoms with van der Waals surface area (Å²) >= 11 is 0. The lowest BCUT2D eigenvalue weighted by Gasteiger charge is -2.20. The quantitative estimate of drug-likeness (QED) is 0.866. The first-order chi connectivity index (χ1) is 10.0. The summed E-state index contributed by atoms with van der Waals surface area (Å²) in [6.07, 6.45) is 0.264. The van der Waals surface area contributed by atoms with E-state index in [0.717, 1.165) is 0 Å². The Morgan fingerprint density at radius 3 is 2.38 bits per heavy atom. The van der Waals surface area contributed by atoms with Crippen molar-refractivity contribution < 1.29 is 13.2 Å². The fourth-order valence-electron chi connectivity index (χ4n) is 2.35. The molecule has 0 radical (unpaired) electrons. The monoisotopic (exact) mass is 293 g/mol. The predicted molar refractivity (Wildman–Crippen MR) is 77.6 cm³/mol. The van der Waals surface area contributed by atoms with E-state index in [-0.39, 0.29) is 23.4 Å². The first-order valence-corrected chi connectivity index (χ1v) is 6.95. The van der Waals surface area contributed by atoms with E-state index < -0.39 is 17.7 Å². The molecule has 0 aliphatic rings. The van der Waals surface area contributed by atoms with Crippen molar-refractivity contribution in [3.8, 4) is 0 Å². The molecule has 112 valence electrons. The minimum absolute atomic E-state index is 0.225. The third-order valence-corrected chi connectivity index (χ3v) is 3.49. The molecule has 0 fully saturated rings. The highest BCUT2D eigenvalue weighted by atomic mass is 19.1. The van der Waals surface area contributed by atoms with Crippen molar-refractivity contribution in [2.75, 3.05) is 6.54 Å². The number of nitrogens with one attached hydrogen (secondary N) is 1. The number of halogens is 3. The molecule has 0 spiro atoms. The number of rotatable bonds is 5. The predicted octanol–water partition coefficient (Wildman–Crippen LogP) is 4.31. The van der Waals surface area contributed by atoms with Gasteiger partial charge in [0.25, 0.3) is 0 Å². The van der Waals surface area contributed by atoms with Crippen molar-refractivity contribution >= 4 is 0 Å². The molecule has 0 aliphatic heterocycles. The van der Waals surface area contributed by atoms with Gasteiger partial charge in [-0.25, -0.2) is 13.2 Å². The van der Waals surface area contributed by atoms with Crippen LogP contribution in [0.2, 0.25) is 0 Å². The molecule has 1 unspecified atom stereocenters. The lowest BCUT2D eigenvalue weighted by molar-refractivity contribution is 0.491. The summed E-state index contributed by atoms with van der Waals surface area (Å²) in [5.74, 6) is -1.27. The lowest BCUT2D eigenvalue weighted by Crippen LogP contribution is -2.24. The first-order valence-electron chi connectivity index (χ1n) is 6.95. The Kier molecular flexibility index (Phi) is 5.02. The molecular weight excluding hydrogens is 275 g/mol. The standard InChI is InChI=1S/C17H18F3N/c1-3-21-17(9-12-6-4-5-7-14(12)18)13-10-15(19)11(2)8-16(13)20/h4-8,10,17,21H,3,9H2,1-2H3. The van der Waals surface area contributed by atoms with Crippen molar-refractivity contribution in [1.29, 1.82) is 0 Å². The fourth-order valence-corrected chi connectivity index (χ4v) is 2.35. The van der Waals surface area contributed by atoms with E-state index in [1.807, 2.05) is 6.92 Å². The van der Waals surface area contributed by atoms with Crippen LogP contribution in [0.5, 0.6) is 0 Å². The minimum Gasteiger partial charge on any atom is -0.310 e. The number of aryl methyl sites for hydroxylation is 1. The topological polar surface area (TPSA) is 12.0 Å². The second-order valence-corrected chi connectivity index (χ2v) is 5.03. The normalized spacial score (nSPS) is 12.4. The summed E-state index contributed by atoms with van der Waals surface area (Å²) in [6.45, 7) is 3.96. The third-order valence-electron chi connectivity index (χ3n) is 3.49. The highest BCUT2D eigenvalue weighted by molar-refractivity contribution is 5.30. The molecule has 21 heavy (non-hydrogen) atoms. The molecule has 0 amide bonds. The molecule has 4 heteroatoms. The van der Waals surface area contributed by atoms with Crippen LogP contribution >= 0.6 is 0 Å². The largest absolute Gasteiger partial charge is 0.310 e. The van der Waals surface area contributed by atoms with Gasteiger partial charge < -0.3 is 5.32 Å². The molecule has 0 bridgehead atoms. The number of hydrogen-bond donors (Lipinski definition) is 1. The molecular formula is C17H18F3N. The molecule has 0 saturated heterocycles. The van der Waals surface area contributed by atoms with Crippen LogP contribution in [0, 0.1) is 24.4 Å². The molecule has 0 heterocycles. The molecule has 0 aromatic heterocycles. The summed E-state index contributed by atoms with van der Waals surface area (Å²) in [6, 6.07) is 8.25. The molecule has 2 rings (SSSR count). The maximum absolute atomic E-state index is 14.1. The van der Waals surface area contributed by atoms with Crippen molar-refractivity contribution in [3.05, 3.63) is 70.5 Å². The van der Waals surface area contributed by atoms with Crippen molar-refractivity contribution in [3.63, 3.8) is 0 Å². The van der Waals surface area contributed by atoms with Gasteiger partial charge in [0.05, 0.1) is 0 Å². The maximum Gasteiger partial charge on any atom is 0.128 e. The highest BCUT2D eigenvalue weighted by Gasteiger charge is 2.19. The third kappa shape index (κ3) is 3.64. The Hall–Kier alpha value is -1.81. The fraction of sp³-hybridized carbons (Fsp3) is 0.294. The average molecular weight is 293 g/mol. The minimum atomic E-state index is -0.476. The van der Waals surface area contributed by atoms with Gasteiger partial charge in [-0.2, -0.15) is 0 Å². The molecule has 2 aromatic rings. The van der Waals surface area contributed by atoms with Crippen molar-refractivity contribution in [1.82, 2.24) is 5.32 Å². The van der Waals surface area contributed by atoms with Crippen LogP contribution in [0.3, 0.4) is 0 Å². The molecule has 1 nitrogen and oxygen atoms in total. The van der Waals surface area contributed by atoms with Crippen LogP contribution in [0.4, 0.5) is 13.2 Å². The Bertz CT molecular complexity index is 625. The molecule has 0 aliphatic carbocycles. The Morgan fingerprint density at radius 1 is 1.00 bits per heavy atom. The van der Waals surface area contributed by atoms with E-state index in [9.17, 15) is 13.2 Å². The Morgan fingerprint density at radius 2 is 1.71 bits per heavy atom. The van der Waals surface area contributed by atoms with Crippen LogP contribution in [0.25, 0.3) is 0 Å². The van der Waals surface area contributed by atoms with E-state index in [0.29, 0.717) is 12.1 Å². The van der Waals surface area contributed by atoms with Crippen LogP contribution in [-0.2, 0) is 6.42 Å². The SMILES string of the molecule is CCNC(Cc1ccccc1F)c1cc(F)c(C)cc1F. The number of benzene rings is 2. The Balaban J connectivity index is 2.35. The number of likely N-dealkylation sites (N-methyl/N-ethyl adjacent to an activating group) is 1. The van der Waals surface area contributed by atoms with Crippen molar-refractivity contribution in [2.24, 2.45) is 0 Å². The van der Waals surface area contributed by atoms with Gasteiger partial charge in [0, 0.05) is 11.6 Å². The summed E-state index contributed by atoms with van der Waals surface area (Å²) in [7, 11) is 0. The van der Waals surface area contributed by atoms with Gasteiger partial charge in [0.15, 0.2) is 0 Å². The van der Waals surface area contributed by atoms with Crippen LogP contribution in [-0.4, -0.2) is 6.54 Å².